The van der Waals surface area contributed by atoms with E-state index >= 15 is 0 Å². The summed E-state index contributed by atoms with van der Waals surface area (Å²) in [6, 6.07) is 12.2. The van der Waals surface area contributed by atoms with Crippen molar-refractivity contribution in [1.82, 2.24) is 14.8 Å². The van der Waals surface area contributed by atoms with Gasteiger partial charge in [-0.25, -0.2) is 0 Å². The van der Waals surface area contributed by atoms with Gasteiger partial charge in [0, 0.05) is 27.8 Å². The van der Waals surface area contributed by atoms with E-state index in [1.54, 1.807) is 42.5 Å². The van der Waals surface area contributed by atoms with Crippen molar-refractivity contribution in [1.29, 1.82) is 0 Å². The number of nitrogens with one attached hydrogen (secondary N) is 1. The van der Waals surface area contributed by atoms with Gasteiger partial charge >= 0.3 is 0 Å². The van der Waals surface area contributed by atoms with Crippen LogP contribution in [-0.4, -0.2) is 26.4 Å². The van der Waals surface area contributed by atoms with E-state index in [0.717, 1.165) is 5.56 Å². The number of aromatic nitrogens is 3. The molecule has 1 N–H and O–H groups in total. The molecule has 1 aromatic heterocycles. The smallest absolute Gasteiger partial charge is 0.234 e. The quantitative estimate of drug-likeness (QED) is 0.502. The number of rotatable bonds is 6. The Bertz CT molecular complexity index is 977. The zero-order chi connectivity index (χ0) is 19.4. The minimum atomic E-state index is -0.154. The summed E-state index contributed by atoms with van der Waals surface area (Å²) in [6.45, 7) is 2.62. The first-order valence-electron chi connectivity index (χ1n) is 8.04. The number of thioether (sulfide) groups is 1. The molecule has 1 amide bonds. The number of hydrogen-bond acceptors (Lipinski definition) is 4. The Morgan fingerprint density at radius 3 is 2.59 bits per heavy atom. The first-order valence-corrected chi connectivity index (χ1v) is 10.2. The van der Waals surface area contributed by atoms with Crippen molar-refractivity contribution >= 4 is 58.2 Å². The maximum atomic E-state index is 12.2. The van der Waals surface area contributed by atoms with Crippen LogP contribution in [0.2, 0.25) is 15.1 Å². The van der Waals surface area contributed by atoms with Crippen molar-refractivity contribution in [3.63, 3.8) is 0 Å². The Hall–Kier alpha value is -1.73. The van der Waals surface area contributed by atoms with Crippen molar-refractivity contribution in [2.45, 2.75) is 18.6 Å². The summed E-state index contributed by atoms with van der Waals surface area (Å²) < 4.78 is 1.91. The highest BCUT2D eigenvalue weighted by Gasteiger charge is 2.17. The molecule has 140 valence electrons. The molecule has 3 aromatic rings. The largest absolute Gasteiger partial charge is 0.325 e. The highest BCUT2D eigenvalue weighted by atomic mass is 35.5. The average Bonchev–Trinajstić information content (AvgIpc) is 3.02. The summed E-state index contributed by atoms with van der Waals surface area (Å²) in [4.78, 5) is 12.2. The van der Waals surface area contributed by atoms with E-state index in [-0.39, 0.29) is 11.7 Å². The normalized spacial score (nSPS) is 10.8. The molecule has 0 aliphatic carbocycles. The number of hydrogen-bond donors (Lipinski definition) is 1. The van der Waals surface area contributed by atoms with Gasteiger partial charge < -0.3 is 9.88 Å². The van der Waals surface area contributed by atoms with Crippen LogP contribution in [-0.2, 0) is 11.3 Å². The van der Waals surface area contributed by atoms with Crippen LogP contribution >= 0.6 is 46.6 Å². The number of anilines is 1. The molecule has 0 spiro atoms. The third-order valence-electron chi connectivity index (χ3n) is 3.65. The minimum absolute atomic E-state index is 0.154. The molecule has 0 aliphatic rings. The lowest BCUT2D eigenvalue weighted by atomic mass is 10.2. The second-order valence-corrected chi connectivity index (χ2v) is 7.74. The number of benzene rings is 2. The fraction of sp³-hybridized carbons (Fsp3) is 0.167. The SMILES string of the molecule is CCn1c(SCC(=O)Nc2cccc(Cl)c2)nnc1-c1ccc(Cl)cc1Cl. The van der Waals surface area contributed by atoms with Crippen LogP contribution in [0.25, 0.3) is 11.4 Å². The van der Waals surface area contributed by atoms with Crippen LogP contribution < -0.4 is 5.32 Å². The van der Waals surface area contributed by atoms with E-state index in [0.29, 0.717) is 38.3 Å². The van der Waals surface area contributed by atoms with Gasteiger partial charge in [0.1, 0.15) is 0 Å². The fourth-order valence-corrected chi connectivity index (χ4v) is 3.93. The molecule has 0 saturated carbocycles. The van der Waals surface area contributed by atoms with Gasteiger partial charge in [0.25, 0.3) is 0 Å². The van der Waals surface area contributed by atoms with Crippen molar-refractivity contribution in [2.75, 3.05) is 11.1 Å². The van der Waals surface area contributed by atoms with E-state index in [1.165, 1.54) is 11.8 Å². The predicted molar refractivity (Wildman–Crippen MR) is 112 cm³/mol. The second kappa shape index (κ2) is 8.97. The highest BCUT2D eigenvalue weighted by molar-refractivity contribution is 7.99. The third kappa shape index (κ3) is 4.96. The Morgan fingerprint density at radius 2 is 1.89 bits per heavy atom. The van der Waals surface area contributed by atoms with Crippen LogP contribution in [0.15, 0.2) is 47.6 Å². The molecule has 9 heteroatoms. The predicted octanol–water partition coefficient (Wildman–Crippen LogP) is 5.66. The van der Waals surface area contributed by atoms with Crippen LogP contribution in [0, 0.1) is 0 Å². The topological polar surface area (TPSA) is 59.8 Å². The Morgan fingerprint density at radius 1 is 1.11 bits per heavy atom. The van der Waals surface area contributed by atoms with E-state index in [1.807, 2.05) is 11.5 Å². The number of nitrogens with zero attached hydrogens (tertiary/aromatic N) is 3. The van der Waals surface area contributed by atoms with Crippen molar-refractivity contribution in [3.8, 4) is 11.4 Å². The summed E-state index contributed by atoms with van der Waals surface area (Å²) in [6.07, 6.45) is 0. The van der Waals surface area contributed by atoms with Gasteiger partial charge in [-0.15, -0.1) is 10.2 Å². The first-order chi connectivity index (χ1) is 13.0. The van der Waals surface area contributed by atoms with Crippen molar-refractivity contribution in [2.24, 2.45) is 0 Å². The van der Waals surface area contributed by atoms with E-state index in [2.05, 4.69) is 15.5 Å². The van der Waals surface area contributed by atoms with Gasteiger partial charge in [0.2, 0.25) is 5.91 Å². The zero-order valence-corrected chi connectivity index (χ0v) is 17.3. The maximum absolute atomic E-state index is 12.2. The molecule has 0 saturated heterocycles. The lowest BCUT2D eigenvalue weighted by molar-refractivity contribution is -0.113. The van der Waals surface area contributed by atoms with Gasteiger partial charge in [0.05, 0.1) is 10.8 Å². The molecule has 0 bridgehead atoms. The molecule has 0 radical (unpaired) electrons. The highest BCUT2D eigenvalue weighted by Crippen LogP contribution is 2.31. The summed E-state index contributed by atoms with van der Waals surface area (Å²) in [5, 5.41) is 13.5. The number of halogens is 3. The lowest BCUT2D eigenvalue weighted by Gasteiger charge is -2.09. The minimum Gasteiger partial charge on any atom is -0.325 e. The van der Waals surface area contributed by atoms with Gasteiger partial charge in [0.15, 0.2) is 11.0 Å². The second-order valence-electron chi connectivity index (χ2n) is 5.52. The third-order valence-corrected chi connectivity index (χ3v) is 5.40. The molecular weight excluding hydrogens is 427 g/mol. The molecule has 0 aliphatic heterocycles. The molecule has 0 atom stereocenters. The van der Waals surface area contributed by atoms with Gasteiger partial charge in [-0.05, 0) is 43.3 Å². The van der Waals surface area contributed by atoms with Crippen molar-refractivity contribution in [3.05, 3.63) is 57.5 Å². The van der Waals surface area contributed by atoms with Crippen LogP contribution in [0.5, 0.6) is 0 Å². The molecule has 0 fully saturated rings. The van der Waals surface area contributed by atoms with E-state index in [9.17, 15) is 4.79 Å². The van der Waals surface area contributed by atoms with Crippen LogP contribution in [0.1, 0.15) is 6.92 Å². The monoisotopic (exact) mass is 440 g/mol. The molecule has 3 rings (SSSR count). The summed E-state index contributed by atoms with van der Waals surface area (Å²) >= 11 is 19.5. The first kappa shape index (κ1) is 20.0. The molecule has 27 heavy (non-hydrogen) atoms. The zero-order valence-electron chi connectivity index (χ0n) is 14.2. The molecule has 2 aromatic carbocycles. The van der Waals surface area contributed by atoms with E-state index < -0.39 is 0 Å². The molecule has 1 heterocycles. The fourth-order valence-electron chi connectivity index (χ4n) is 2.44. The van der Waals surface area contributed by atoms with E-state index in [4.69, 9.17) is 34.8 Å². The molecular formula is C18H15Cl3N4OS. The lowest BCUT2D eigenvalue weighted by Crippen LogP contribution is -2.14. The van der Waals surface area contributed by atoms with Crippen LogP contribution in [0.4, 0.5) is 5.69 Å². The van der Waals surface area contributed by atoms with Gasteiger partial charge in [-0.2, -0.15) is 0 Å². The number of amides is 1. The summed E-state index contributed by atoms with van der Waals surface area (Å²) in [5.41, 5.74) is 1.39. The summed E-state index contributed by atoms with van der Waals surface area (Å²) in [5.74, 6) is 0.676. The maximum Gasteiger partial charge on any atom is 0.234 e. The van der Waals surface area contributed by atoms with Gasteiger partial charge in [-0.1, -0.05) is 52.6 Å². The average molecular weight is 442 g/mol. The number of carbonyl (C=O) groups is 1. The van der Waals surface area contributed by atoms with Crippen molar-refractivity contribution < 1.29 is 4.79 Å². The number of carbonyl (C=O) groups excluding carboxylic acids is 1. The summed E-state index contributed by atoms with van der Waals surface area (Å²) in [7, 11) is 0. The Balaban J connectivity index is 1.72. The standard InChI is InChI=1S/C18H15Cl3N4OS/c1-2-25-17(14-7-6-12(20)9-15(14)21)23-24-18(25)27-10-16(26)22-13-5-3-4-11(19)8-13/h3-9H,2,10H2,1H3,(H,22,26). The molecule has 0 unspecified atom stereocenters. The van der Waals surface area contributed by atoms with Gasteiger partial charge in [-0.3, -0.25) is 4.79 Å². The molecule has 5 nitrogen and oxygen atoms in total. The Labute approximate surface area is 176 Å². The van der Waals surface area contributed by atoms with Crippen LogP contribution in [0.3, 0.4) is 0 Å². The Kier molecular flexibility index (Phi) is 6.65.